The molecule has 0 rings (SSSR count). The van der Waals surface area contributed by atoms with Crippen molar-refractivity contribution >= 4 is 25.3 Å². The Morgan fingerprint density at radius 2 is 0.320 bits per heavy atom. The van der Waals surface area contributed by atoms with Crippen LogP contribution in [0.25, 0.3) is 0 Å². The minimum absolute atomic E-state index is 1.07. The summed E-state index contributed by atoms with van der Waals surface area (Å²) in [6.07, 6.45) is 30.3. The average molecular weight is 389 g/mol. The highest BCUT2D eigenvalue weighted by molar-refractivity contribution is 7.80. The van der Waals surface area contributed by atoms with Crippen molar-refractivity contribution in [3.63, 3.8) is 0 Å². The second-order valence-electron chi connectivity index (χ2n) is 7.87. The van der Waals surface area contributed by atoms with E-state index in [4.69, 9.17) is 0 Å². The molecule has 0 atom stereocenters. The molecule has 0 aromatic carbocycles. The Morgan fingerprint density at radius 3 is 0.440 bits per heavy atom. The summed E-state index contributed by atoms with van der Waals surface area (Å²) in [6.45, 7) is 0. The van der Waals surface area contributed by atoms with Crippen molar-refractivity contribution in [2.24, 2.45) is 0 Å². The Labute approximate surface area is 171 Å². The van der Waals surface area contributed by atoms with E-state index in [0.717, 1.165) is 11.5 Å². The van der Waals surface area contributed by atoms with Crippen LogP contribution in [-0.4, -0.2) is 11.5 Å². The molecule has 0 aromatic heterocycles. The first-order valence-corrected chi connectivity index (χ1v) is 12.9. The van der Waals surface area contributed by atoms with E-state index in [0.29, 0.717) is 0 Å². The van der Waals surface area contributed by atoms with Gasteiger partial charge in [0.15, 0.2) is 0 Å². The first-order chi connectivity index (χ1) is 12.4. The van der Waals surface area contributed by atoms with E-state index < -0.39 is 0 Å². The highest BCUT2D eigenvalue weighted by atomic mass is 32.1. The second kappa shape index (κ2) is 24.7. The fourth-order valence-corrected chi connectivity index (χ4v) is 4.03. The van der Waals surface area contributed by atoms with Crippen molar-refractivity contribution in [1.82, 2.24) is 0 Å². The van der Waals surface area contributed by atoms with E-state index in [9.17, 15) is 0 Å². The van der Waals surface area contributed by atoms with Crippen molar-refractivity contribution < 1.29 is 0 Å². The molecule has 0 aliphatic rings. The van der Waals surface area contributed by atoms with Crippen LogP contribution in [0.4, 0.5) is 0 Å². The molecule has 25 heavy (non-hydrogen) atoms. The van der Waals surface area contributed by atoms with Crippen LogP contribution < -0.4 is 0 Å². The molecule has 0 heterocycles. The number of hydrogen-bond donors (Lipinski definition) is 2. The summed E-state index contributed by atoms with van der Waals surface area (Å²) in [5.74, 6) is 2.13. The predicted molar refractivity (Wildman–Crippen MR) is 125 cm³/mol. The van der Waals surface area contributed by atoms with Crippen molar-refractivity contribution in [3.8, 4) is 0 Å². The molecule has 0 radical (unpaired) electrons. The van der Waals surface area contributed by atoms with E-state index in [1.165, 1.54) is 135 Å². The fraction of sp³-hybridized carbons (Fsp3) is 1.00. The number of rotatable bonds is 22. The summed E-state index contributed by atoms with van der Waals surface area (Å²) < 4.78 is 0. The Hall–Kier alpha value is 0.700. The molecule has 0 aromatic rings. The summed E-state index contributed by atoms with van der Waals surface area (Å²) in [5.41, 5.74) is 0. The molecule has 152 valence electrons. The van der Waals surface area contributed by atoms with Gasteiger partial charge in [-0.25, -0.2) is 0 Å². The third kappa shape index (κ3) is 24.7. The lowest BCUT2D eigenvalue weighted by Gasteiger charge is -2.04. The van der Waals surface area contributed by atoms with Gasteiger partial charge < -0.3 is 0 Å². The van der Waals surface area contributed by atoms with Gasteiger partial charge in [-0.3, -0.25) is 0 Å². The van der Waals surface area contributed by atoms with E-state index in [1.807, 2.05) is 0 Å². The molecule has 0 aliphatic carbocycles. The van der Waals surface area contributed by atoms with Gasteiger partial charge in [-0.05, 0) is 24.3 Å². The third-order valence-corrected chi connectivity index (χ3v) is 5.95. The lowest BCUT2D eigenvalue weighted by Crippen LogP contribution is -1.84. The smallest absolute Gasteiger partial charge is 0.00979 e. The lowest BCUT2D eigenvalue weighted by molar-refractivity contribution is 0.521. The van der Waals surface area contributed by atoms with Crippen molar-refractivity contribution in [2.45, 2.75) is 135 Å². The summed E-state index contributed by atoms with van der Waals surface area (Å²) >= 11 is 8.53. The van der Waals surface area contributed by atoms with Gasteiger partial charge in [-0.2, -0.15) is 25.3 Å². The normalized spacial score (nSPS) is 11.3. The van der Waals surface area contributed by atoms with Crippen LogP contribution >= 0.6 is 25.3 Å². The van der Waals surface area contributed by atoms with Crippen LogP contribution in [0.3, 0.4) is 0 Å². The van der Waals surface area contributed by atoms with Crippen LogP contribution in [0, 0.1) is 0 Å². The molecule has 0 unspecified atom stereocenters. The number of hydrogen-bond acceptors (Lipinski definition) is 2. The topological polar surface area (TPSA) is 0 Å². The predicted octanol–water partition coefficient (Wildman–Crippen LogP) is 9.04. The zero-order chi connectivity index (χ0) is 18.3. The van der Waals surface area contributed by atoms with Crippen molar-refractivity contribution in [2.75, 3.05) is 11.5 Å². The Kier molecular flexibility index (Phi) is 25.4. The van der Waals surface area contributed by atoms with Crippen molar-refractivity contribution in [1.29, 1.82) is 0 Å². The summed E-state index contributed by atoms with van der Waals surface area (Å²) in [7, 11) is 0. The highest BCUT2D eigenvalue weighted by Gasteiger charge is 1.95. The van der Waals surface area contributed by atoms with Crippen LogP contribution in [-0.2, 0) is 0 Å². The second-order valence-corrected chi connectivity index (χ2v) is 8.77. The molecule has 0 spiro atoms. The maximum Gasteiger partial charge on any atom is -0.00979 e. The minimum atomic E-state index is 1.07. The van der Waals surface area contributed by atoms with E-state index in [-0.39, 0.29) is 0 Å². The molecule has 0 saturated carbocycles. The molecule has 2 heteroatoms. The van der Waals surface area contributed by atoms with Gasteiger partial charge in [-0.15, -0.1) is 0 Å². The minimum Gasteiger partial charge on any atom is -0.179 e. The Bertz CT molecular complexity index is 196. The largest absolute Gasteiger partial charge is 0.179 e. The standard InChI is InChI=1S/C23H48S2/c24-22-20-18-16-14-12-10-8-6-4-2-1-3-5-7-9-11-13-15-17-19-21-23-25/h24-25H,1-23H2. The summed E-state index contributed by atoms with van der Waals surface area (Å²) in [6, 6.07) is 0. The average Bonchev–Trinajstić information content (AvgIpc) is 2.63. The maximum atomic E-state index is 4.26. The van der Waals surface area contributed by atoms with Crippen LogP contribution in [0.2, 0.25) is 0 Å². The van der Waals surface area contributed by atoms with Gasteiger partial charge >= 0.3 is 0 Å². The molecule has 0 nitrogen and oxygen atoms in total. The molecule has 0 N–H and O–H groups in total. The zero-order valence-electron chi connectivity index (χ0n) is 17.2. The SMILES string of the molecule is SCCCCCCCCCCCCCCCCCCCCCCCS. The lowest BCUT2D eigenvalue weighted by atomic mass is 10.0. The first kappa shape index (κ1) is 25.7. The van der Waals surface area contributed by atoms with Crippen LogP contribution in [0.5, 0.6) is 0 Å². The van der Waals surface area contributed by atoms with E-state index >= 15 is 0 Å². The van der Waals surface area contributed by atoms with Crippen LogP contribution in [0.1, 0.15) is 135 Å². The highest BCUT2D eigenvalue weighted by Crippen LogP contribution is 2.15. The molecular weight excluding hydrogens is 340 g/mol. The quantitative estimate of drug-likeness (QED) is 0.134. The zero-order valence-corrected chi connectivity index (χ0v) is 18.9. The van der Waals surface area contributed by atoms with E-state index in [1.54, 1.807) is 0 Å². The van der Waals surface area contributed by atoms with Gasteiger partial charge in [0.25, 0.3) is 0 Å². The Morgan fingerprint density at radius 1 is 0.200 bits per heavy atom. The van der Waals surface area contributed by atoms with Gasteiger partial charge in [0.2, 0.25) is 0 Å². The molecule has 0 saturated heterocycles. The number of thiol groups is 2. The van der Waals surface area contributed by atoms with E-state index in [2.05, 4.69) is 25.3 Å². The third-order valence-electron chi connectivity index (χ3n) is 5.32. The van der Waals surface area contributed by atoms with Gasteiger partial charge in [-0.1, -0.05) is 122 Å². The maximum absolute atomic E-state index is 4.26. The van der Waals surface area contributed by atoms with Gasteiger partial charge in [0, 0.05) is 0 Å². The van der Waals surface area contributed by atoms with Crippen molar-refractivity contribution in [3.05, 3.63) is 0 Å². The summed E-state index contributed by atoms with van der Waals surface area (Å²) in [5, 5.41) is 0. The summed E-state index contributed by atoms with van der Waals surface area (Å²) in [4.78, 5) is 0. The molecule has 0 aliphatic heterocycles. The number of unbranched alkanes of at least 4 members (excludes halogenated alkanes) is 20. The van der Waals surface area contributed by atoms with Gasteiger partial charge in [0.05, 0.1) is 0 Å². The first-order valence-electron chi connectivity index (χ1n) is 11.6. The monoisotopic (exact) mass is 388 g/mol. The molecule has 0 bridgehead atoms. The molecular formula is C23H48S2. The fourth-order valence-electron chi connectivity index (χ4n) is 3.58. The molecule has 0 amide bonds. The Balaban J connectivity index is 2.94. The van der Waals surface area contributed by atoms with Gasteiger partial charge in [0.1, 0.15) is 0 Å². The molecule has 0 fully saturated rings. The van der Waals surface area contributed by atoms with Crippen LogP contribution in [0.15, 0.2) is 0 Å².